The molecule has 1 N–H and O–H groups in total. The van der Waals surface area contributed by atoms with E-state index in [0.717, 1.165) is 5.56 Å². The molecule has 0 radical (unpaired) electrons. The zero-order chi connectivity index (χ0) is 18.1. The summed E-state index contributed by atoms with van der Waals surface area (Å²) in [4.78, 5) is 14.3. The topological polar surface area (TPSA) is 41.6 Å². The van der Waals surface area contributed by atoms with Crippen LogP contribution in [0.3, 0.4) is 0 Å². The van der Waals surface area contributed by atoms with Crippen LogP contribution in [0.1, 0.15) is 25.8 Å². The zero-order valence-electron chi connectivity index (χ0n) is 14.7. The van der Waals surface area contributed by atoms with Gasteiger partial charge in [-0.2, -0.15) is 0 Å². The fraction of sp³-hybridized carbons (Fsp3) is 0.350. The van der Waals surface area contributed by atoms with Gasteiger partial charge in [-0.3, -0.25) is 0 Å². The highest BCUT2D eigenvalue weighted by Crippen LogP contribution is 2.22. The molecule has 4 nitrogen and oxygen atoms in total. The molecule has 0 unspecified atom stereocenters. The molecule has 0 spiro atoms. The largest absolute Gasteiger partial charge is 0.492 e. The van der Waals surface area contributed by atoms with E-state index in [4.69, 9.17) is 16.3 Å². The minimum Gasteiger partial charge on any atom is -0.492 e. The average Bonchev–Trinajstić information content (AvgIpc) is 2.61. The molecule has 2 aromatic carbocycles. The molecular formula is C20H25ClN2O2. The summed E-state index contributed by atoms with van der Waals surface area (Å²) >= 11 is 6.04. The van der Waals surface area contributed by atoms with Crippen molar-refractivity contribution in [1.29, 1.82) is 0 Å². The summed E-state index contributed by atoms with van der Waals surface area (Å²) in [5.74, 6) is 0.670. The quantitative estimate of drug-likeness (QED) is 0.691. The maximum absolute atomic E-state index is 12.4. The molecule has 0 saturated carbocycles. The van der Waals surface area contributed by atoms with E-state index < -0.39 is 0 Å². The van der Waals surface area contributed by atoms with Crippen molar-refractivity contribution in [1.82, 2.24) is 10.2 Å². The van der Waals surface area contributed by atoms with Crippen molar-refractivity contribution in [2.75, 3.05) is 13.2 Å². The number of amides is 2. The Morgan fingerprint density at radius 3 is 2.48 bits per heavy atom. The Kier molecular flexibility index (Phi) is 7.61. The predicted octanol–water partition coefficient (Wildman–Crippen LogP) is 4.73. The van der Waals surface area contributed by atoms with E-state index in [9.17, 15) is 4.79 Å². The third-order valence-corrected chi connectivity index (χ3v) is 4.08. The first-order valence-corrected chi connectivity index (χ1v) is 8.91. The lowest BCUT2D eigenvalue weighted by Gasteiger charge is -2.27. The minimum absolute atomic E-state index is 0.0587. The summed E-state index contributed by atoms with van der Waals surface area (Å²) in [6, 6.07) is 17.4. The molecule has 0 saturated heterocycles. The van der Waals surface area contributed by atoms with Gasteiger partial charge in [0.1, 0.15) is 5.75 Å². The van der Waals surface area contributed by atoms with Gasteiger partial charge in [-0.25, -0.2) is 4.79 Å². The number of para-hydroxylation sites is 1. The molecule has 0 aliphatic carbocycles. The second-order valence-corrected chi connectivity index (χ2v) is 6.48. The van der Waals surface area contributed by atoms with E-state index in [0.29, 0.717) is 36.9 Å². The number of rotatable bonds is 8. The van der Waals surface area contributed by atoms with Crippen LogP contribution in [0.25, 0.3) is 0 Å². The number of hydrogen-bond acceptors (Lipinski definition) is 2. The molecule has 2 aromatic rings. The molecule has 0 fully saturated rings. The van der Waals surface area contributed by atoms with Gasteiger partial charge in [0.15, 0.2) is 0 Å². The van der Waals surface area contributed by atoms with Crippen LogP contribution in [0.15, 0.2) is 54.6 Å². The lowest BCUT2D eigenvalue weighted by atomic mass is 10.2. The Morgan fingerprint density at radius 2 is 1.80 bits per heavy atom. The molecule has 134 valence electrons. The van der Waals surface area contributed by atoms with Crippen LogP contribution >= 0.6 is 11.6 Å². The van der Waals surface area contributed by atoms with Gasteiger partial charge in [-0.15, -0.1) is 0 Å². The van der Waals surface area contributed by atoms with Crippen LogP contribution in [0, 0.1) is 0 Å². The third kappa shape index (κ3) is 6.31. The summed E-state index contributed by atoms with van der Waals surface area (Å²) < 4.78 is 5.63. The molecule has 0 heterocycles. The smallest absolute Gasteiger partial charge is 0.317 e. The zero-order valence-corrected chi connectivity index (χ0v) is 15.5. The number of halogens is 1. The number of nitrogens with zero attached hydrogens (tertiary/aromatic N) is 1. The molecule has 0 atom stereocenters. The summed E-state index contributed by atoms with van der Waals surface area (Å²) in [6.45, 7) is 5.69. The Balaban J connectivity index is 1.74. The van der Waals surface area contributed by atoms with Crippen molar-refractivity contribution < 1.29 is 9.53 Å². The first kappa shape index (κ1) is 19.1. The van der Waals surface area contributed by atoms with Crippen molar-refractivity contribution in [3.8, 4) is 5.75 Å². The van der Waals surface area contributed by atoms with Gasteiger partial charge >= 0.3 is 6.03 Å². The Bertz CT molecular complexity index is 662. The van der Waals surface area contributed by atoms with Crippen molar-refractivity contribution in [3.05, 3.63) is 65.2 Å². The summed E-state index contributed by atoms with van der Waals surface area (Å²) in [7, 11) is 0. The third-order valence-electron chi connectivity index (χ3n) is 3.77. The van der Waals surface area contributed by atoms with Crippen molar-refractivity contribution in [3.63, 3.8) is 0 Å². The molecule has 0 bridgehead atoms. The van der Waals surface area contributed by atoms with Crippen LogP contribution in [-0.2, 0) is 6.54 Å². The SMILES string of the molecule is CC(C)N(Cc1ccccc1)C(=O)NCCCOc1ccccc1Cl. The fourth-order valence-corrected chi connectivity index (χ4v) is 2.57. The van der Waals surface area contributed by atoms with Gasteiger partial charge < -0.3 is 15.0 Å². The van der Waals surface area contributed by atoms with Gasteiger partial charge in [0.05, 0.1) is 11.6 Å². The Hall–Kier alpha value is -2.20. The maximum atomic E-state index is 12.4. The molecule has 25 heavy (non-hydrogen) atoms. The number of carbonyl (C=O) groups excluding carboxylic acids is 1. The summed E-state index contributed by atoms with van der Waals surface area (Å²) in [6.07, 6.45) is 0.717. The summed E-state index contributed by atoms with van der Waals surface area (Å²) in [5, 5.41) is 3.56. The average molecular weight is 361 g/mol. The summed E-state index contributed by atoms with van der Waals surface area (Å²) in [5.41, 5.74) is 1.12. The van der Waals surface area contributed by atoms with E-state index in [1.165, 1.54) is 0 Å². The van der Waals surface area contributed by atoms with Gasteiger partial charge in [0, 0.05) is 19.1 Å². The highest BCUT2D eigenvalue weighted by Gasteiger charge is 2.16. The molecule has 0 aliphatic heterocycles. The Labute approximate surface area is 154 Å². The predicted molar refractivity (Wildman–Crippen MR) is 102 cm³/mol. The molecule has 0 aliphatic rings. The minimum atomic E-state index is -0.0587. The lowest BCUT2D eigenvalue weighted by molar-refractivity contribution is 0.179. The second-order valence-electron chi connectivity index (χ2n) is 6.07. The van der Waals surface area contributed by atoms with Crippen LogP contribution in [0.4, 0.5) is 4.79 Å². The number of hydrogen-bond donors (Lipinski definition) is 1. The van der Waals surface area contributed by atoms with Gasteiger partial charge in [0.25, 0.3) is 0 Å². The number of urea groups is 1. The lowest BCUT2D eigenvalue weighted by Crippen LogP contribution is -2.43. The first-order valence-electron chi connectivity index (χ1n) is 8.53. The first-order chi connectivity index (χ1) is 12.1. The van der Waals surface area contributed by atoms with Crippen LogP contribution in [0.5, 0.6) is 5.75 Å². The van der Waals surface area contributed by atoms with E-state index in [2.05, 4.69) is 5.32 Å². The number of benzene rings is 2. The normalized spacial score (nSPS) is 10.6. The number of carbonyl (C=O) groups is 1. The van der Waals surface area contributed by atoms with Crippen molar-refractivity contribution in [2.24, 2.45) is 0 Å². The van der Waals surface area contributed by atoms with E-state index in [1.807, 2.05) is 67.3 Å². The number of nitrogens with one attached hydrogen (secondary N) is 1. The second kappa shape index (κ2) is 9.94. The van der Waals surface area contributed by atoms with Gasteiger partial charge in [-0.05, 0) is 38.0 Å². The fourth-order valence-electron chi connectivity index (χ4n) is 2.38. The Morgan fingerprint density at radius 1 is 1.12 bits per heavy atom. The molecule has 2 amide bonds. The standard InChI is InChI=1S/C20H25ClN2O2/c1-16(2)23(15-17-9-4-3-5-10-17)20(24)22-13-8-14-25-19-12-7-6-11-18(19)21/h3-7,9-12,16H,8,13-15H2,1-2H3,(H,22,24). The maximum Gasteiger partial charge on any atom is 0.317 e. The van der Waals surface area contributed by atoms with E-state index in [-0.39, 0.29) is 12.1 Å². The van der Waals surface area contributed by atoms with Crippen LogP contribution in [0.2, 0.25) is 5.02 Å². The van der Waals surface area contributed by atoms with E-state index >= 15 is 0 Å². The molecule has 0 aromatic heterocycles. The van der Waals surface area contributed by atoms with Gasteiger partial charge in [0.2, 0.25) is 0 Å². The highest BCUT2D eigenvalue weighted by atomic mass is 35.5. The van der Waals surface area contributed by atoms with Crippen molar-refractivity contribution >= 4 is 17.6 Å². The van der Waals surface area contributed by atoms with Crippen LogP contribution in [-0.4, -0.2) is 30.1 Å². The molecular weight excluding hydrogens is 336 g/mol. The van der Waals surface area contributed by atoms with E-state index in [1.54, 1.807) is 6.07 Å². The molecule has 5 heteroatoms. The van der Waals surface area contributed by atoms with Crippen molar-refractivity contribution in [2.45, 2.75) is 32.9 Å². The van der Waals surface area contributed by atoms with Crippen LogP contribution < -0.4 is 10.1 Å². The highest BCUT2D eigenvalue weighted by molar-refractivity contribution is 6.32. The number of ether oxygens (including phenoxy) is 1. The van der Waals surface area contributed by atoms with Gasteiger partial charge in [-0.1, -0.05) is 54.1 Å². The monoisotopic (exact) mass is 360 g/mol. The molecule has 2 rings (SSSR count).